The predicted molar refractivity (Wildman–Crippen MR) is 76.0 cm³/mol. The van der Waals surface area contributed by atoms with Gasteiger partial charge in [0.15, 0.2) is 0 Å². The van der Waals surface area contributed by atoms with Crippen molar-refractivity contribution >= 4 is 22.7 Å². The van der Waals surface area contributed by atoms with E-state index in [0.717, 1.165) is 11.3 Å². The molecule has 0 aliphatic heterocycles. The summed E-state index contributed by atoms with van der Waals surface area (Å²) in [6, 6.07) is 8.30. The van der Waals surface area contributed by atoms with Crippen LogP contribution in [-0.2, 0) is 11.8 Å². The van der Waals surface area contributed by atoms with Crippen molar-refractivity contribution < 1.29 is 5.11 Å². The van der Waals surface area contributed by atoms with Gasteiger partial charge < -0.3 is 5.11 Å². The third-order valence-electron chi connectivity index (χ3n) is 2.67. The van der Waals surface area contributed by atoms with Gasteiger partial charge in [-0.2, -0.15) is 0 Å². The molecule has 0 saturated carbocycles. The van der Waals surface area contributed by atoms with E-state index in [9.17, 15) is 5.11 Å². The number of hydrogen-bond donors (Lipinski definition) is 1. The Bertz CT molecular complexity index is 463. The summed E-state index contributed by atoms with van der Waals surface area (Å²) in [6.07, 6.45) is 0.358. The Kier molecular flexibility index (Phi) is 3.71. The summed E-state index contributed by atoms with van der Waals surface area (Å²) < 4.78 is 0. The molecule has 0 spiro atoms. The molecule has 0 aliphatic carbocycles. The second-order valence-electron chi connectivity index (χ2n) is 5.25. The molecule has 2 heterocycles. The lowest BCUT2D eigenvalue weighted by molar-refractivity contribution is 0.183. The van der Waals surface area contributed by atoms with Gasteiger partial charge in [-0.3, -0.25) is 0 Å². The smallest absolute Gasteiger partial charge is 0.0930 e. The summed E-state index contributed by atoms with van der Waals surface area (Å²) in [5, 5.41) is 12.2. The molecule has 2 rings (SSSR count). The van der Waals surface area contributed by atoms with Gasteiger partial charge in [0.05, 0.1) is 6.10 Å². The van der Waals surface area contributed by atoms with E-state index in [2.05, 4.69) is 44.4 Å². The number of thiophene rings is 2. The zero-order chi connectivity index (χ0) is 12.5. The van der Waals surface area contributed by atoms with Crippen LogP contribution in [0.15, 0.2) is 29.6 Å². The summed E-state index contributed by atoms with van der Waals surface area (Å²) in [5.41, 5.74) is 0.172. The Morgan fingerprint density at radius 1 is 1.24 bits per heavy atom. The third-order valence-corrected chi connectivity index (χ3v) is 5.18. The van der Waals surface area contributed by atoms with E-state index in [4.69, 9.17) is 0 Å². The fraction of sp³-hybridized carbons (Fsp3) is 0.429. The Morgan fingerprint density at radius 3 is 2.53 bits per heavy atom. The Morgan fingerprint density at radius 2 is 2.00 bits per heavy atom. The maximum absolute atomic E-state index is 10.2. The van der Waals surface area contributed by atoms with E-state index in [-0.39, 0.29) is 11.5 Å². The minimum absolute atomic E-state index is 0.172. The van der Waals surface area contributed by atoms with Gasteiger partial charge in [0.25, 0.3) is 0 Å². The van der Waals surface area contributed by atoms with Crippen LogP contribution < -0.4 is 0 Å². The molecule has 0 amide bonds. The van der Waals surface area contributed by atoms with Gasteiger partial charge in [0, 0.05) is 21.1 Å². The third kappa shape index (κ3) is 3.18. The van der Waals surface area contributed by atoms with Crippen LogP contribution in [0.2, 0.25) is 0 Å². The summed E-state index contributed by atoms with van der Waals surface area (Å²) in [6.45, 7) is 6.61. The molecule has 1 unspecified atom stereocenters. The first-order valence-electron chi connectivity index (χ1n) is 5.77. The molecule has 0 aliphatic rings. The maximum Gasteiger partial charge on any atom is 0.0930 e. The van der Waals surface area contributed by atoms with Gasteiger partial charge in [-0.1, -0.05) is 26.8 Å². The highest BCUT2D eigenvalue weighted by atomic mass is 32.1. The molecule has 2 aromatic rings. The van der Waals surface area contributed by atoms with E-state index in [0.29, 0.717) is 0 Å². The second kappa shape index (κ2) is 4.92. The van der Waals surface area contributed by atoms with Crippen molar-refractivity contribution in [3.05, 3.63) is 44.3 Å². The molecular weight excluding hydrogens is 248 g/mol. The first-order valence-corrected chi connectivity index (χ1v) is 7.47. The lowest BCUT2D eigenvalue weighted by Crippen LogP contribution is -2.07. The maximum atomic E-state index is 10.2. The Hall–Kier alpha value is -0.640. The molecule has 92 valence electrons. The van der Waals surface area contributed by atoms with Crippen LogP contribution in [-0.4, -0.2) is 5.11 Å². The fourth-order valence-electron chi connectivity index (χ4n) is 1.65. The van der Waals surface area contributed by atoms with E-state index in [1.807, 2.05) is 6.07 Å². The molecular formula is C14H18OS2. The van der Waals surface area contributed by atoms with Crippen LogP contribution in [0.5, 0.6) is 0 Å². The standard InChI is InChI=1S/C14H18OS2/c1-14(2,3)13-7-6-12(17-13)11(15)9-10-5-4-8-16-10/h4-8,11,15H,9H2,1-3H3. The van der Waals surface area contributed by atoms with E-state index < -0.39 is 0 Å². The average Bonchev–Trinajstić information content (AvgIpc) is 2.85. The first kappa shape index (κ1) is 12.8. The fourth-order valence-corrected chi connectivity index (χ4v) is 3.45. The number of aliphatic hydroxyl groups is 1. The van der Waals surface area contributed by atoms with Gasteiger partial charge in [-0.15, -0.1) is 22.7 Å². The zero-order valence-electron chi connectivity index (χ0n) is 10.4. The molecule has 0 saturated heterocycles. The molecule has 2 aromatic heterocycles. The predicted octanol–water partition coefficient (Wildman–Crippen LogP) is 4.38. The van der Waals surface area contributed by atoms with Crippen molar-refractivity contribution in [2.24, 2.45) is 0 Å². The van der Waals surface area contributed by atoms with Crippen molar-refractivity contribution in [3.63, 3.8) is 0 Å². The highest BCUT2D eigenvalue weighted by Gasteiger charge is 2.19. The number of hydrogen-bond acceptors (Lipinski definition) is 3. The van der Waals surface area contributed by atoms with E-state index in [1.54, 1.807) is 22.7 Å². The topological polar surface area (TPSA) is 20.2 Å². The molecule has 1 N–H and O–H groups in total. The zero-order valence-corrected chi connectivity index (χ0v) is 12.1. The summed E-state index contributed by atoms with van der Waals surface area (Å²) in [4.78, 5) is 3.64. The van der Waals surface area contributed by atoms with E-state index >= 15 is 0 Å². The number of rotatable bonds is 3. The van der Waals surface area contributed by atoms with Crippen LogP contribution in [0.25, 0.3) is 0 Å². The molecule has 0 fully saturated rings. The van der Waals surface area contributed by atoms with Crippen LogP contribution in [0.1, 0.15) is 41.5 Å². The molecule has 1 atom stereocenters. The summed E-state index contributed by atoms with van der Waals surface area (Å²) in [5.74, 6) is 0. The van der Waals surface area contributed by atoms with Gasteiger partial charge in [0.2, 0.25) is 0 Å². The lowest BCUT2D eigenvalue weighted by Gasteiger charge is -2.15. The van der Waals surface area contributed by atoms with Crippen molar-refractivity contribution in [1.29, 1.82) is 0 Å². The van der Waals surface area contributed by atoms with Gasteiger partial charge in [0.1, 0.15) is 0 Å². The highest BCUT2D eigenvalue weighted by molar-refractivity contribution is 7.12. The van der Waals surface area contributed by atoms with Crippen LogP contribution in [0, 0.1) is 0 Å². The minimum atomic E-state index is -0.366. The molecule has 0 radical (unpaired) electrons. The molecule has 1 nitrogen and oxygen atoms in total. The van der Waals surface area contributed by atoms with Crippen molar-refractivity contribution in [2.45, 2.75) is 38.7 Å². The van der Waals surface area contributed by atoms with Crippen molar-refractivity contribution in [1.82, 2.24) is 0 Å². The van der Waals surface area contributed by atoms with Gasteiger partial charge in [-0.25, -0.2) is 0 Å². The molecule has 0 aromatic carbocycles. The monoisotopic (exact) mass is 266 g/mol. The van der Waals surface area contributed by atoms with Gasteiger partial charge >= 0.3 is 0 Å². The van der Waals surface area contributed by atoms with E-state index in [1.165, 1.54) is 9.75 Å². The normalized spacial score (nSPS) is 13.9. The Labute approximate surface area is 111 Å². The summed E-state index contributed by atoms with van der Waals surface area (Å²) in [7, 11) is 0. The van der Waals surface area contributed by atoms with Crippen LogP contribution in [0.4, 0.5) is 0 Å². The minimum Gasteiger partial charge on any atom is -0.387 e. The van der Waals surface area contributed by atoms with Crippen molar-refractivity contribution in [3.8, 4) is 0 Å². The summed E-state index contributed by atoms with van der Waals surface area (Å²) >= 11 is 3.43. The Balaban J connectivity index is 2.10. The molecule has 0 bridgehead atoms. The molecule has 17 heavy (non-hydrogen) atoms. The quantitative estimate of drug-likeness (QED) is 0.874. The SMILES string of the molecule is CC(C)(C)c1ccc(C(O)Cc2cccs2)s1. The second-order valence-corrected chi connectivity index (χ2v) is 7.40. The first-order chi connectivity index (χ1) is 7.97. The highest BCUT2D eigenvalue weighted by Crippen LogP contribution is 2.33. The van der Waals surface area contributed by atoms with Gasteiger partial charge in [-0.05, 0) is 29.0 Å². The average molecular weight is 266 g/mol. The molecule has 3 heteroatoms. The largest absolute Gasteiger partial charge is 0.387 e. The van der Waals surface area contributed by atoms with Crippen LogP contribution >= 0.6 is 22.7 Å². The number of aliphatic hydroxyl groups excluding tert-OH is 1. The van der Waals surface area contributed by atoms with Crippen molar-refractivity contribution in [2.75, 3.05) is 0 Å². The lowest BCUT2D eigenvalue weighted by atomic mass is 9.95. The van der Waals surface area contributed by atoms with Crippen LogP contribution in [0.3, 0.4) is 0 Å².